The summed E-state index contributed by atoms with van der Waals surface area (Å²) in [5.41, 5.74) is 2.41. The van der Waals surface area contributed by atoms with Crippen LogP contribution in [0.4, 0.5) is 11.4 Å². The number of amides is 1. The quantitative estimate of drug-likeness (QED) is 0.338. The first-order valence-electron chi connectivity index (χ1n) is 8.96. The fourth-order valence-corrected chi connectivity index (χ4v) is 2.74. The highest BCUT2D eigenvalue weighted by atomic mass is 16.6. The van der Waals surface area contributed by atoms with Gasteiger partial charge in [0, 0.05) is 31.8 Å². The number of nitrogens with one attached hydrogen (secondary N) is 2. The Bertz CT molecular complexity index is 940. The molecule has 0 bridgehead atoms. The molecule has 3 rings (SSSR count). The Morgan fingerprint density at radius 1 is 1.07 bits per heavy atom. The number of carbonyl (C=O) groups is 1. The molecule has 2 aromatic carbocycles. The molecule has 2 N–H and O–H groups in total. The van der Waals surface area contributed by atoms with E-state index in [1.54, 1.807) is 29.1 Å². The van der Waals surface area contributed by atoms with Crippen molar-refractivity contribution in [1.29, 1.82) is 0 Å². The van der Waals surface area contributed by atoms with Crippen molar-refractivity contribution in [1.82, 2.24) is 15.1 Å². The minimum absolute atomic E-state index is 0.0178. The van der Waals surface area contributed by atoms with Gasteiger partial charge in [0.15, 0.2) is 0 Å². The Kier molecular flexibility index (Phi) is 6.35. The lowest BCUT2D eigenvalue weighted by Crippen LogP contribution is -2.29. The highest BCUT2D eigenvalue weighted by molar-refractivity contribution is 5.76. The van der Waals surface area contributed by atoms with E-state index in [1.165, 1.54) is 6.07 Å². The van der Waals surface area contributed by atoms with Gasteiger partial charge in [0.2, 0.25) is 5.91 Å². The van der Waals surface area contributed by atoms with Gasteiger partial charge in [-0.1, -0.05) is 30.3 Å². The number of nitro groups is 1. The van der Waals surface area contributed by atoms with Crippen molar-refractivity contribution in [3.63, 3.8) is 0 Å². The lowest BCUT2D eigenvalue weighted by molar-refractivity contribution is -0.384. The number of nitrogens with zero attached hydrogens (tertiary/aromatic N) is 3. The molecule has 0 saturated heterocycles. The van der Waals surface area contributed by atoms with Crippen molar-refractivity contribution < 1.29 is 9.72 Å². The number of para-hydroxylation sites is 3. The summed E-state index contributed by atoms with van der Waals surface area (Å²) < 4.78 is 1.78. The first-order chi connectivity index (χ1) is 13.6. The molecular formula is C20H21N5O3. The van der Waals surface area contributed by atoms with Crippen LogP contribution in [0.15, 0.2) is 67.0 Å². The number of carbonyl (C=O) groups excluding carboxylic acids is 1. The molecule has 0 aliphatic carbocycles. The van der Waals surface area contributed by atoms with Gasteiger partial charge in [0.1, 0.15) is 5.69 Å². The third kappa shape index (κ3) is 5.16. The molecule has 0 fully saturated rings. The van der Waals surface area contributed by atoms with Crippen LogP contribution in [0.3, 0.4) is 0 Å². The number of benzene rings is 2. The normalized spacial score (nSPS) is 10.4. The van der Waals surface area contributed by atoms with Crippen LogP contribution in [0.25, 0.3) is 5.69 Å². The number of nitro benzene ring substituents is 1. The zero-order valence-electron chi connectivity index (χ0n) is 15.2. The molecule has 8 heteroatoms. The van der Waals surface area contributed by atoms with Crippen LogP contribution in [0, 0.1) is 10.1 Å². The molecule has 3 aromatic rings. The van der Waals surface area contributed by atoms with E-state index < -0.39 is 4.92 Å². The summed E-state index contributed by atoms with van der Waals surface area (Å²) >= 11 is 0. The van der Waals surface area contributed by atoms with E-state index in [0.29, 0.717) is 31.6 Å². The molecule has 1 heterocycles. The molecule has 0 spiro atoms. The average Bonchev–Trinajstić information content (AvgIpc) is 3.20. The van der Waals surface area contributed by atoms with Crippen LogP contribution in [-0.4, -0.2) is 33.7 Å². The third-order valence-electron chi connectivity index (χ3n) is 4.16. The molecule has 0 unspecified atom stereocenters. The summed E-state index contributed by atoms with van der Waals surface area (Å²) in [5, 5.41) is 21.1. The zero-order chi connectivity index (χ0) is 19.8. The fourth-order valence-electron chi connectivity index (χ4n) is 2.74. The van der Waals surface area contributed by atoms with Gasteiger partial charge in [-0.15, -0.1) is 0 Å². The second-order valence-corrected chi connectivity index (χ2v) is 6.18. The smallest absolute Gasteiger partial charge is 0.292 e. The predicted octanol–water partition coefficient (Wildman–Crippen LogP) is 2.94. The first-order valence-corrected chi connectivity index (χ1v) is 8.96. The summed E-state index contributed by atoms with van der Waals surface area (Å²) in [6.07, 6.45) is 4.62. The van der Waals surface area contributed by atoms with Gasteiger partial charge in [-0.05, 0) is 30.2 Å². The third-order valence-corrected chi connectivity index (χ3v) is 4.16. The summed E-state index contributed by atoms with van der Waals surface area (Å²) in [7, 11) is 0. The standard InChI is InChI=1S/C20H21N5O3/c26-20(22-13-12-21-18-8-4-5-9-19(18)25(27)28)11-10-16-14-23-24(15-16)17-6-2-1-3-7-17/h1-9,14-15,21H,10-13H2,(H,22,26). The Hall–Kier alpha value is -3.68. The average molecular weight is 379 g/mol. The molecule has 0 radical (unpaired) electrons. The Balaban J connectivity index is 1.40. The summed E-state index contributed by atoms with van der Waals surface area (Å²) in [6.45, 7) is 0.788. The van der Waals surface area contributed by atoms with Crippen LogP contribution >= 0.6 is 0 Å². The van der Waals surface area contributed by atoms with Crippen LogP contribution in [0.5, 0.6) is 0 Å². The Labute approximate surface area is 162 Å². The molecule has 1 aromatic heterocycles. The highest BCUT2D eigenvalue weighted by Crippen LogP contribution is 2.22. The van der Waals surface area contributed by atoms with E-state index in [-0.39, 0.29) is 11.6 Å². The van der Waals surface area contributed by atoms with Crippen molar-refractivity contribution in [2.45, 2.75) is 12.8 Å². The number of hydrogen-bond acceptors (Lipinski definition) is 5. The maximum Gasteiger partial charge on any atom is 0.292 e. The van der Waals surface area contributed by atoms with E-state index in [0.717, 1.165) is 11.3 Å². The first kappa shape index (κ1) is 19.1. The summed E-state index contributed by atoms with van der Waals surface area (Å²) in [6, 6.07) is 16.2. The fraction of sp³-hybridized carbons (Fsp3) is 0.200. The van der Waals surface area contributed by atoms with Crippen LogP contribution in [0.1, 0.15) is 12.0 Å². The van der Waals surface area contributed by atoms with E-state index >= 15 is 0 Å². The predicted molar refractivity (Wildman–Crippen MR) is 106 cm³/mol. The summed E-state index contributed by atoms with van der Waals surface area (Å²) in [4.78, 5) is 22.5. The molecule has 0 saturated carbocycles. The molecule has 8 nitrogen and oxygen atoms in total. The number of aryl methyl sites for hydroxylation is 1. The molecule has 144 valence electrons. The van der Waals surface area contributed by atoms with Crippen molar-refractivity contribution in [3.8, 4) is 5.69 Å². The topological polar surface area (TPSA) is 102 Å². The van der Waals surface area contributed by atoms with Gasteiger partial charge in [0.25, 0.3) is 5.69 Å². The maximum atomic E-state index is 12.0. The molecule has 0 aliphatic rings. The number of rotatable bonds is 9. The number of hydrogen-bond donors (Lipinski definition) is 2. The second-order valence-electron chi connectivity index (χ2n) is 6.18. The number of aromatic nitrogens is 2. The van der Waals surface area contributed by atoms with Gasteiger partial charge in [-0.3, -0.25) is 14.9 Å². The molecule has 0 aliphatic heterocycles. The molecule has 28 heavy (non-hydrogen) atoms. The van der Waals surface area contributed by atoms with Gasteiger partial charge < -0.3 is 10.6 Å². The highest BCUT2D eigenvalue weighted by Gasteiger charge is 2.11. The van der Waals surface area contributed by atoms with Crippen molar-refractivity contribution in [2.75, 3.05) is 18.4 Å². The van der Waals surface area contributed by atoms with E-state index in [9.17, 15) is 14.9 Å². The van der Waals surface area contributed by atoms with Gasteiger partial charge >= 0.3 is 0 Å². The van der Waals surface area contributed by atoms with Crippen molar-refractivity contribution in [3.05, 3.63) is 82.7 Å². The van der Waals surface area contributed by atoms with E-state index in [2.05, 4.69) is 15.7 Å². The molecular weight excluding hydrogens is 358 g/mol. The minimum Gasteiger partial charge on any atom is -0.378 e. The summed E-state index contributed by atoms with van der Waals surface area (Å²) in [5.74, 6) is -0.0724. The lowest BCUT2D eigenvalue weighted by atomic mass is 10.2. The minimum atomic E-state index is -0.434. The number of anilines is 1. The van der Waals surface area contributed by atoms with E-state index in [1.807, 2.05) is 36.5 Å². The van der Waals surface area contributed by atoms with Crippen LogP contribution in [0.2, 0.25) is 0 Å². The SMILES string of the molecule is O=C(CCc1cnn(-c2ccccc2)c1)NCCNc1ccccc1[N+](=O)[O-]. The largest absolute Gasteiger partial charge is 0.378 e. The van der Waals surface area contributed by atoms with Crippen LogP contribution < -0.4 is 10.6 Å². The Morgan fingerprint density at radius 2 is 1.82 bits per heavy atom. The zero-order valence-corrected chi connectivity index (χ0v) is 15.2. The molecule has 1 amide bonds. The van der Waals surface area contributed by atoms with E-state index in [4.69, 9.17) is 0 Å². The molecule has 0 atom stereocenters. The van der Waals surface area contributed by atoms with Crippen molar-refractivity contribution >= 4 is 17.3 Å². The van der Waals surface area contributed by atoms with Crippen LogP contribution in [-0.2, 0) is 11.2 Å². The van der Waals surface area contributed by atoms with Gasteiger partial charge in [-0.25, -0.2) is 4.68 Å². The monoisotopic (exact) mass is 379 g/mol. The Morgan fingerprint density at radius 3 is 2.61 bits per heavy atom. The lowest BCUT2D eigenvalue weighted by Gasteiger charge is -2.08. The maximum absolute atomic E-state index is 12.0. The van der Waals surface area contributed by atoms with Gasteiger partial charge in [-0.2, -0.15) is 5.10 Å². The van der Waals surface area contributed by atoms with Crippen molar-refractivity contribution in [2.24, 2.45) is 0 Å². The van der Waals surface area contributed by atoms with Gasteiger partial charge in [0.05, 0.1) is 16.8 Å². The second kappa shape index (κ2) is 9.31.